The molecule has 1 aromatic carbocycles. The van der Waals surface area contributed by atoms with Crippen molar-refractivity contribution in [1.82, 2.24) is 5.32 Å². The third kappa shape index (κ3) is 5.40. The van der Waals surface area contributed by atoms with Gasteiger partial charge in [0.2, 0.25) is 0 Å². The highest BCUT2D eigenvalue weighted by molar-refractivity contribution is 7.99. The molecular formula is C15H24FNS. The van der Waals surface area contributed by atoms with E-state index in [-0.39, 0.29) is 5.82 Å². The molecule has 0 aliphatic rings. The molecule has 1 nitrogen and oxygen atoms in total. The minimum absolute atomic E-state index is 0.0842. The highest BCUT2D eigenvalue weighted by atomic mass is 32.2. The molecule has 1 N–H and O–H groups in total. The predicted molar refractivity (Wildman–Crippen MR) is 78.6 cm³/mol. The summed E-state index contributed by atoms with van der Waals surface area (Å²) in [7, 11) is 0. The van der Waals surface area contributed by atoms with Crippen molar-refractivity contribution in [3.63, 3.8) is 0 Å². The van der Waals surface area contributed by atoms with Gasteiger partial charge in [0, 0.05) is 17.0 Å². The van der Waals surface area contributed by atoms with E-state index in [1.165, 1.54) is 19.3 Å². The van der Waals surface area contributed by atoms with Gasteiger partial charge in [0.1, 0.15) is 5.82 Å². The van der Waals surface area contributed by atoms with Gasteiger partial charge < -0.3 is 5.32 Å². The van der Waals surface area contributed by atoms with E-state index in [9.17, 15) is 4.39 Å². The van der Waals surface area contributed by atoms with Gasteiger partial charge in [-0.1, -0.05) is 32.8 Å². The molecule has 102 valence electrons. The van der Waals surface area contributed by atoms with Crippen LogP contribution in [-0.4, -0.2) is 12.3 Å². The summed E-state index contributed by atoms with van der Waals surface area (Å²) in [6.07, 6.45) is 4.77. The summed E-state index contributed by atoms with van der Waals surface area (Å²) in [5.41, 5.74) is 0.826. The normalized spacial score (nSPS) is 10.8. The lowest BCUT2D eigenvalue weighted by molar-refractivity contribution is 0.578. The summed E-state index contributed by atoms with van der Waals surface area (Å²) in [6.45, 7) is 5.90. The first-order chi connectivity index (χ1) is 8.79. The zero-order valence-electron chi connectivity index (χ0n) is 11.5. The summed E-state index contributed by atoms with van der Waals surface area (Å²) in [5.74, 6) is 0.997. The van der Waals surface area contributed by atoms with Crippen molar-refractivity contribution in [2.75, 3.05) is 12.3 Å². The topological polar surface area (TPSA) is 12.0 Å². The van der Waals surface area contributed by atoms with Gasteiger partial charge in [0.15, 0.2) is 0 Å². The van der Waals surface area contributed by atoms with Crippen LogP contribution in [0.25, 0.3) is 0 Å². The van der Waals surface area contributed by atoms with Gasteiger partial charge in [-0.05, 0) is 37.3 Å². The molecule has 3 heteroatoms. The fourth-order valence-electron chi connectivity index (χ4n) is 1.77. The first-order valence-electron chi connectivity index (χ1n) is 6.90. The summed E-state index contributed by atoms with van der Waals surface area (Å²) >= 11 is 1.78. The largest absolute Gasteiger partial charge is 0.313 e. The number of rotatable bonds is 9. The van der Waals surface area contributed by atoms with Gasteiger partial charge in [0.05, 0.1) is 0 Å². The predicted octanol–water partition coefficient (Wildman–Crippen LogP) is 4.61. The Kier molecular flexibility index (Phi) is 8.10. The standard InChI is InChI=1S/C15H24FNS/c1-3-5-6-11-18-15-9-7-8-14(16)13(15)12-17-10-4-2/h7-9,17H,3-6,10-12H2,1-2H3. The molecule has 0 saturated carbocycles. The number of hydrogen-bond acceptors (Lipinski definition) is 2. The molecule has 0 heterocycles. The van der Waals surface area contributed by atoms with Gasteiger partial charge in [-0.15, -0.1) is 11.8 Å². The monoisotopic (exact) mass is 269 g/mol. The average molecular weight is 269 g/mol. The highest BCUT2D eigenvalue weighted by Crippen LogP contribution is 2.26. The minimum Gasteiger partial charge on any atom is -0.313 e. The SMILES string of the molecule is CCCCCSc1cccc(F)c1CNCCC. The Hall–Kier alpha value is -0.540. The first-order valence-corrected chi connectivity index (χ1v) is 7.89. The number of unbranched alkanes of at least 4 members (excludes halogenated alkanes) is 2. The minimum atomic E-state index is -0.0842. The maximum absolute atomic E-state index is 13.8. The molecule has 0 aromatic heterocycles. The fourth-order valence-corrected chi connectivity index (χ4v) is 2.86. The lowest BCUT2D eigenvalue weighted by Gasteiger charge is -2.11. The molecular weight excluding hydrogens is 245 g/mol. The summed E-state index contributed by atoms with van der Waals surface area (Å²) in [6, 6.07) is 5.39. The summed E-state index contributed by atoms with van der Waals surface area (Å²) in [4.78, 5) is 1.09. The zero-order chi connectivity index (χ0) is 13.2. The molecule has 0 saturated heterocycles. The van der Waals surface area contributed by atoms with Crippen LogP contribution in [0.4, 0.5) is 4.39 Å². The smallest absolute Gasteiger partial charge is 0.128 e. The first kappa shape index (κ1) is 15.5. The molecule has 0 fully saturated rings. The van der Waals surface area contributed by atoms with E-state index in [1.54, 1.807) is 23.9 Å². The second kappa shape index (κ2) is 9.40. The number of hydrogen-bond donors (Lipinski definition) is 1. The summed E-state index contributed by atoms with van der Waals surface area (Å²) in [5, 5.41) is 3.28. The molecule has 0 bridgehead atoms. The third-order valence-corrected chi connectivity index (χ3v) is 4.00. The Bertz CT molecular complexity index is 341. The van der Waals surface area contributed by atoms with E-state index < -0.39 is 0 Å². The Morgan fingerprint density at radius 1 is 1.17 bits per heavy atom. The van der Waals surface area contributed by atoms with Gasteiger partial charge in [0.25, 0.3) is 0 Å². The number of nitrogens with one attached hydrogen (secondary N) is 1. The third-order valence-electron chi connectivity index (χ3n) is 2.81. The Balaban J connectivity index is 2.56. The van der Waals surface area contributed by atoms with Crippen molar-refractivity contribution in [3.8, 4) is 0 Å². The van der Waals surface area contributed by atoms with Crippen LogP contribution in [-0.2, 0) is 6.54 Å². The van der Waals surface area contributed by atoms with Crippen molar-refractivity contribution < 1.29 is 4.39 Å². The van der Waals surface area contributed by atoms with Crippen LogP contribution < -0.4 is 5.32 Å². The Morgan fingerprint density at radius 2 is 2.00 bits per heavy atom. The van der Waals surface area contributed by atoms with Gasteiger partial charge in [-0.2, -0.15) is 0 Å². The van der Waals surface area contributed by atoms with Crippen molar-refractivity contribution in [2.24, 2.45) is 0 Å². The average Bonchev–Trinajstić information content (AvgIpc) is 2.37. The maximum Gasteiger partial charge on any atom is 0.128 e. The van der Waals surface area contributed by atoms with E-state index in [1.807, 2.05) is 6.07 Å². The van der Waals surface area contributed by atoms with Crippen molar-refractivity contribution >= 4 is 11.8 Å². The summed E-state index contributed by atoms with van der Waals surface area (Å²) < 4.78 is 13.8. The molecule has 0 aliphatic carbocycles. The van der Waals surface area contributed by atoms with E-state index in [2.05, 4.69) is 19.2 Å². The fraction of sp³-hybridized carbons (Fsp3) is 0.600. The molecule has 1 aromatic rings. The van der Waals surface area contributed by atoms with Crippen LogP contribution in [0.2, 0.25) is 0 Å². The molecule has 0 unspecified atom stereocenters. The maximum atomic E-state index is 13.8. The molecule has 1 rings (SSSR count). The molecule has 0 amide bonds. The van der Waals surface area contributed by atoms with Gasteiger partial charge in [-0.3, -0.25) is 0 Å². The second-order valence-electron chi connectivity index (χ2n) is 4.45. The number of halogens is 1. The quantitative estimate of drug-likeness (QED) is 0.519. The van der Waals surface area contributed by atoms with E-state index in [0.717, 1.165) is 29.2 Å². The van der Waals surface area contributed by atoms with Gasteiger partial charge in [-0.25, -0.2) is 4.39 Å². The van der Waals surface area contributed by atoms with Crippen LogP contribution in [0.1, 0.15) is 45.1 Å². The van der Waals surface area contributed by atoms with Crippen molar-refractivity contribution in [3.05, 3.63) is 29.6 Å². The number of thioether (sulfide) groups is 1. The molecule has 0 atom stereocenters. The molecule has 18 heavy (non-hydrogen) atoms. The van der Waals surface area contributed by atoms with Crippen molar-refractivity contribution in [2.45, 2.75) is 51.0 Å². The molecule has 0 radical (unpaired) electrons. The van der Waals surface area contributed by atoms with Crippen LogP contribution in [0.3, 0.4) is 0 Å². The van der Waals surface area contributed by atoms with E-state index >= 15 is 0 Å². The van der Waals surface area contributed by atoms with Crippen LogP contribution in [0, 0.1) is 5.82 Å². The van der Waals surface area contributed by atoms with Gasteiger partial charge >= 0.3 is 0 Å². The number of benzene rings is 1. The van der Waals surface area contributed by atoms with Crippen LogP contribution in [0.15, 0.2) is 23.1 Å². The van der Waals surface area contributed by atoms with Crippen LogP contribution >= 0.6 is 11.8 Å². The Labute approximate surface area is 115 Å². The Morgan fingerprint density at radius 3 is 2.72 bits per heavy atom. The van der Waals surface area contributed by atoms with E-state index in [4.69, 9.17) is 0 Å². The van der Waals surface area contributed by atoms with E-state index in [0.29, 0.717) is 6.54 Å². The lowest BCUT2D eigenvalue weighted by Crippen LogP contribution is -2.15. The molecule has 0 aliphatic heterocycles. The second-order valence-corrected chi connectivity index (χ2v) is 5.59. The molecule has 0 spiro atoms. The zero-order valence-corrected chi connectivity index (χ0v) is 12.3. The highest BCUT2D eigenvalue weighted by Gasteiger charge is 2.08. The van der Waals surface area contributed by atoms with Crippen molar-refractivity contribution in [1.29, 1.82) is 0 Å². The van der Waals surface area contributed by atoms with Crippen LogP contribution in [0.5, 0.6) is 0 Å². The lowest BCUT2D eigenvalue weighted by atomic mass is 10.2.